The molecule has 1 heterocycles. The van der Waals surface area contributed by atoms with Crippen molar-refractivity contribution >= 4 is 46.4 Å². The second kappa shape index (κ2) is 10.4. The fourth-order valence-electron chi connectivity index (χ4n) is 2.11. The van der Waals surface area contributed by atoms with E-state index in [-0.39, 0.29) is 30.1 Å². The molecule has 7 nitrogen and oxygen atoms in total. The van der Waals surface area contributed by atoms with Crippen LogP contribution in [0.3, 0.4) is 0 Å². The largest absolute Gasteiger partial charge is 0.484 e. The highest BCUT2D eigenvalue weighted by Crippen LogP contribution is 2.26. The lowest BCUT2D eigenvalue weighted by molar-refractivity contribution is -0.122. The van der Waals surface area contributed by atoms with Crippen LogP contribution in [0.15, 0.2) is 48.1 Å². The zero-order valence-electron chi connectivity index (χ0n) is 15.5. The van der Waals surface area contributed by atoms with Crippen LogP contribution in [0.5, 0.6) is 5.75 Å². The average molecular weight is 456 g/mol. The van der Waals surface area contributed by atoms with Gasteiger partial charge < -0.3 is 20.5 Å². The second-order valence-electron chi connectivity index (χ2n) is 5.97. The van der Waals surface area contributed by atoms with Crippen molar-refractivity contribution in [1.29, 1.82) is 0 Å². The van der Waals surface area contributed by atoms with Gasteiger partial charge >= 0.3 is 0 Å². The number of benzene rings is 1. The zero-order valence-corrected chi connectivity index (χ0v) is 17.8. The van der Waals surface area contributed by atoms with Gasteiger partial charge in [0.25, 0.3) is 11.8 Å². The van der Waals surface area contributed by atoms with Gasteiger partial charge in [-0.3, -0.25) is 9.59 Å². The predicted molar refractivity (Wildman–Crippen MR) is 113 cm³/mol. The van der Waals surface area contributed by atoms with Crippen LogP contribution in [0.4, 0.5) is 0 Å². The number of carbonyl (C=O) groups excluding carboxylic acids is 2. The van der Waals surface area contributed by atoms with Gasteiger partial charge in [0.15, 0.2) is 6.61 Å². The summed E-state index contributed by atoms with van der Waals surface area (Å²) in [5.74, 6) is -0.571. The highest BCUT2D eigenvalue weighted by molar-refractivity contribution is 7.09. The molecular weight excluding hydrogens is 437 g/mol. The topological polar surface area (TPSA) is 101 Å². The third-order valence-electron chi connectivity index (χ3n) is 3.54. The number of amides is 2. The fourth-order valence-corrected chi connectivity index (χ4v) is 2.99. The number of ether oxygens (including phenoxy) is 1. The summed E-state index contributed by atoms with van der Waals surface area (Å²) in [6, 6.07) is 4.60. The lowest BCUT2D eigenvalue weighted by Crippen LogP contribution is -2.34. The predicted octanol–water partition coefficient (Wildman–Crippen LogP) is 3.46. The van der Waals surface area contributed by atoms with Crippen LogP contribution < -0.4 is 15.4 Å². The van der Waals surface area contributed by atoms with Crippen molar-refractivity contribution in [3.8, 4) is 5.75 Å². The van der Waals surface area contributed by atoms with Gasteiger partial charge in [0.05, 0.1) is 21.2 Å². The molecule has 0 fully saturated rings. The maximum absolute atomic E-state index is 12.0. The minimum absolute atomic E-state index is 0.0262. The fraction of sp³-hybridized carbons (Fsp3) is 0.211. The first-order chi connectivity index (χ1) is 13.7. The molecule has 2 rings (SSSR count). The van der Waals surface area contributed by atoms with Crippen molar-refractivity contribution in [2.45, 2.75) is 19.4 Å². The molecule has 0 aliphatic carbocycles. The van der Waals surface area contributed by atoms with E-state index >= 15 is 0 Å². The highest BCUT2D eigenvalue weighted by Gasteiger charge is 2.16. The van der Waals surface area contributed by atoms with Crippen LogP contribution in [0, 0.1) is 6.92 Å². The molecule has 0 aliphatic heterocycles. The smallest absolute Gasteiger partial charge is 0.274 e. The number of aliphatic hydroxyl groups is 1. The van der Waals surface area contributed by atoms with E-state index in [0.717, 1.165) is 5.01 Å². The zero-order chi connectivity index (χ0) is 21.6. The van der Waals surface area contributed by atoms with E-state index in [1.807, 2.05) is 0 Å². The lowest BCUT2D eigenvalue weighted by Gasteiger charge is -2.17. The maximum atomic E-state index is 12.0. The molecule has 0 saturated heterocycles. The molecule has 0 aliphatic rings. The molecule has 3 N–H and O–H groups in total. The summed E-state index contributed by atoms with van der Waals surface area (Å²) in [6.07, 6.45) is -1.17. The molecule has 29 heavy (non-hydrogen) atoms. The number of aryl methyl sites for hydroxylation is 1. The van der Waals surface area contributed by atoms with Gasteiger partial charge in [0.1, 0.15) is 11.4 Å². The van der Waals surface area contributed by atoms with Gasteiger partial charge in [-0.2, -0.15) is 0 Å². The first-order valence-electron chi connectivity index (χ1n) is 8.31. The number of halogens is 2. The lowest BCUT2D eigenvalue weighted by atomic mass is 10.1. The second-order valence-corrected chi connectivity index (χ2v) is 7.84. The standard InChI is InChI=1S/C19H19Cl2N3O4S/c1-10(22-19(27)16-9-29-12(3)24-16)6-17(25)11(2)23-18(26)8-28-13-4-5-14(20)15(21)7-13/h4-5,7,9,17,25H,1-2,6,8H2,3H3,(H,22,27)(H,23,26)/t17-/m0/s1. The van der Waals surface area contributed by atoms with E-state index in [2.05, 4.69) is 28.8 Å². The Kier molecular flexibility index (Phi) is 8.21. The summed E-state index contributed by atoms with van der Waals surface area (Å²) in [7, 11) is 0. The summed E-state index contributed by atoms with van der Waals surface area (Å²) in [5, 5.41) is 18.2. The number of aliphatic hydroxyl groups excluding tert-OH is 1. The molecule has 0 saturated carbocycles. The van der Waals surface area contributed by atoms with Gasteiger partial charge in [-0.1, -0.05) is 36.4 Å². The number of carbonyl (C=O) groups is 2. The van der Waals surface area contributed by atoms with Crippen molar-refractivity contribution < 1.29 is 19.4 Å². The normalized spacial score (nSPS) is 11.4. The first kappa shape index (κ1) is 22.9. The monoisotopic (exact) mass is 455 g/mol. The Morgan fingerprint density at radius 1 is 1.28 bits per heavy atom. The Labute approximate surface area is 182 Å². The van der Waals surface area contributed by atoms with E-state index in [9.17, 15) is 14.7 Å². The first-order valence-corrected chi connectivity index (χ1v) is 9.95. The quantitative estimate of drug-likeness (QED) is 0.537. The van der Waals surface area contributed by atoms with Gasteiger partial charge in [-0.15, -0.1) is 11.3 Å². The Balaban J connectivity index is 1.76. The third kappa shape index (κ3) is 7.17. The van der Waals surface area contributed by atoms with Crippen LogP contribution >= 0.6 is 34.5 Å². The van der Waals surface area contributed by atoms with Gasteiger partial charge in [0.2, 0.25) is 0 Å². The average Bonchev–Trinajstić information content (AvgIpc) is 3.09. The molecule has 2 aromatic rings. The van der Waals surface area contributed by atoms with Crippen molar-refractivity contribution in [3.63, 3.8) is 0 Å². The van der Waals surface area contributed by atoms with Crippen LogP contribution in [-0.4, -0.2) is 34.6 Å². The molecule has 10 heteroatoms. The molecule has 2 amide bonds. The van der Waals surface area contributed by atoms with Crippen molar-refractivity contribution in [2.75, 3.05) is 6.61 Å². The summed E-state index contributed by atoms with van der Waals surface area (Å²) in [4.78, 5) is 28.1. The summed E-state index contributed by atoms with van der Waals surface area (Å²) in [6.45, 7) is 8.80. The Morgan fingerprint density at radius 3 is 2.62 bits per heavy atom. The molecule has 1 atom stereocenters. The van der Waals surface area contributed by atoms with E-state index in [1.165, 1.54) is 17.4 Å². The number of nitrogens with zero attached hydrogens (tertiary/aromatic N) is 1. The molecule has 0 unspecified atom stereocenters. The third-order valence-corrected chi connectivity index (χ3v) is 5.06. The van der Waals surface area contributed by atoms with Gasteiger partial charge in [-0.25, -0.2) is 4.98 Å². The van der Waals surface area contributed by atoms with E-state index < -0.39 is 17.9 Å². The van der Waals surface area contributed by atoms with E-state index in [4.69, 9.17) is 27.9 Å². The van der Waals surface area contributed by atoms with Gasteiger partial charge in [-0.05, 0) is 19.1 Å². The van der Waals surface area contributed by atoms with Gasteiger partial charge in [0, 0.05) is 29.3 Å². The summed E-state index contributed by atoms with van der Waals surface area (Å²) in [5.41, 5.74) is 0.581. The van der Waals surface area contributed by atoms with Crippen molar-refractivity contribution in [3.05, 3.63) is 68.9 Å². The molecule has 154 valence electrons. The summed E-state index contributed by atoms with van der Waals surface area (Å²) >= 11 is 13.0. The molecule has 0 spiro atoms. The number of hydrogen-bond acceptors (Lipinski definition) is 6. The molecular formula is C19H19Cl2N3O4S. The Hall–Kier alpha value is -2.39. The minimum atomic E-state index is -1.14. The molecule has 1 aromatic heterocycles. The molecule has 1 aromatic carbocycles. The van der Waals surface area contributed by atoms with Crippen LogP contribution in [-0.2, 0) is 4.79 Å². The van der Waals surface area contributed by atoms with E-state index in [1.54, 1.807) is 24.4 Å². The Morgan fingerprint density at radius 2 is 2.00 bits per heavy atom. The van der Waals surface area contributed by atoms with Crippen LogP contribution in [0.1, 0.15) is 21.9 Å². The molecule has 0 bridgehead atoms. The number of nitrogens with one attached hydrogen (secondary N) is 2. The Bertz CT molecular complexity index is 945. The number of thiazole rings is 1. The van der Waals surface area contributed by atoms with E-state index in [0.29, 0.717) is 15.8 Å². The van der Waals surface area contributed by atoms with Crippen LogP contribution in [0.2, 0.25) is 10.0 Å². The highest BCUT2D eigenvalue weighted by atomic mass is 35.5. The number of aromatic nitrogens is 1. The molecule has 0 radical (unpaired) electrons. The summed E-state index contributed by atoms with van der Waals surface area (Å²) < 4.78 is 5.31. The van der Waals surface area contributed by atoms with Crippen LogP contribution in [0.25, 0.3) is 0 Å². The number of rotatable bonds is 9. The minimum Gasteiger partial charge on any atom is -0.484 e. The maximum Gasteiger partial charge on any atom is 0.274 e. The number of hydrogen-bond donors (Lipinski definition) is 3. The van der Waals surface area contributed by atoms with Crippen molar-refractivity contribution in [1.82, 2.24) is 15.6 Å². The van der Waals surface area contributed by atoms with Crippen molar-refractivity contribution in [2.24, 2.45) is 0 Å². The SMILES string of the molecule is C=C(C[C@H](O)C(=C)NC(=O)COc1ccc(Cl)c(Cl)c1)NC(=O)c1csc(C)n1.